The van der Waals surface area contributed by atoms with E-state index in [4.69, 9.17) is 9.47 Å². The number of epoxide rings is 1. The fourth-order valence-electron chi connectivity index (χ4n) is 4.67. The third-order valence-corrected chi connectivity index (χ3v) is 8.30. The van der Waals surface area contributed by atoms with Crippen LogP contribution in [0.25, 0.3) is 6.08 Å². The van der Waals surface area contributed by atoms with Crippen LogP contribution < -0.4 is 0 Å². The van der Waals surface area contributed by atoms with E-state index in [-0.39, 0.29) is 29.8 Å². The monoisotopic (exact) mass is 505 g/mol. The number of aryl methyl sites for hydroxylation is 1. The van der Waals surface area contributed by atoms with Crippen LogP contribution in [0.3, 0.4) is 0 Å². The zero-order valence-corrected chi connectivity index (χ0v) is 22.6. The minimum atomic E-state index is -1.25. The first-order valence-electron chi connectivity index (χ1n) is 12.3. The molecule has 194 valence electrons. The smallest absolute Gasteiger partial charge is 0.309 e. The number of fused-ring (bicyclic) bond motifs is 1. The van der Waals surface area contributed by atoms with Gasteiger partial charge in [0.2, 0.25) is 0 Å². The number of hydrogen-bond acceptors (Lipinski definition) is 8. The van der Waals surface area contributed by atoms with Gasteiger partial charge in [0.15, 0.2) is 0 Å². The topological polar surface area (TPSA) is 109 Å². The van der Waals surface area contributed by atoms with Gasteiger partial charge in [-0.05, 0) is 38.8 Å². The van der Waals surface area contributed by atoms with Crippen LogP contribution in [0.1, 0.15) is 71.5 Å². The third-order valence-electron chi connectivity index (χ3n) is 7.51. The van der Waals surface area contributed by atoms with Crippen molar-refractivity contribution in [2.45, 2.75) is 97.7 Å². The number of Topliss-reactive ketones (excluding diaryl/α,β-unsaturated/α-hetero) is 1. The molecule has 5 unspecified atom stereocenters. The minimum Gasteiger partial charge on any atom is -0.458 e. The molecule has 2 aliphatic rings. The molecular formula is C27H39NO6S. The number of ether oxygens (including phenoxy) is 2. The van der Waals surface area contributed by atoms with Gasteiger partial charge in [-0.15, -0.1) is 11.3 Å². The van der Waals surface area contributed by atoms with Crippen LogP contribution in [-0.2, 0) is 19.1 Å². The number of carbonyl (C=O) groups is 2. The molecule has 1 aromatic heterocycles. The molecule has 0 aliphatic carbocycles. The predicted octanol–water partition coefficient (Wildman–Crippen LogP) is 4.25. The van der Waals surface area contributed by atoms with E-state index in [2.05, 4.69) is 4.98 Å². The number of aromatic nitrogens is 1. The molecule has 8 heteroatoms. The van der Waals surface area contributed by atoms with Crippen LogP contribution in [0.5, 0.6) is 0 Å². The number of aliphatic hydroxyl groups excluding tert-OH is 2. The van der Waals surface area contributed by atoms with Crippen LogP contribution in [0.2, 0.25) is 0 Å². The van der Waals surface area contributed by atoms with Crippen LogP contribution in [-0.4, -0.2) is 57.0 Å². The Kier molecular flexibility index (Phi) is 8.41. The molecular weight excluding hydrogens is 466 g/mol. The highest BCUT2D eigenvalue weighted by Gasteiger charge is 2.52. The molecule has 0 bridgehead atoms. The summed E-state index contributed by atoms with van der Waals surface area (Å²) < 4.78 is 11.9. The molecule has 2 N–H and O–H groups in total. The zero-order chi connectivity index (χ0) is 26.1. The summed E-state index contributed by atoms with van der Waals surface area (Å²) in [4.78, 5) is 30.6. The van der Waals surface area contributed by atoms with Crippen LogP contribution in [0.4, 0.5) is 0 Å². The molecule has 0 amide bonds. The summed E-state index contributed by atoms with van der Waals surface area (Å²) in [5.41, 5.74) is 0.0391. The molecule has 2 aliphatic heterocycles. The molecule has 1 saturated heterocycles. The number of ketones is 1. The Morgan fingerprint density at radius 2 is 1.91 bits per heavy atom. The van der Waals surface area contributed by atoms with E-state index in [1.165, 1.54) is 0 Å². The van der Waals surface area contributed by atoms with Crippen molar-refractivity contribution in [3.8, 4) is 0 Å². The quantitative estimate of drug-likeness (QED) is 0.351. The summed E-state index contributed by atoms with van der Waals surface area (Å²) in [7, 11) is 0. The first-order chi connectivity index (χ1) is 16.2. The Labute approximate surface area is 212 Å². The molecule has 1 aromatic rings. The molecule has 1 fully saturated rings. The maximum absolute atomic E-state index is 13.2. The Morgan fingerprint density at radius 3 is 2.54 bits per heavy atom. The average Bonchev–Trinajstić information content (AvgIpc) is 3.22. The maximum atomic E-state index is 13.2. The second kappa shape index (κ2) is 10.6. The number of carbonyl (C=O) groups excluding carboxylic acids is 2. The maximum Gasteiger partial charge on any atom is 0.309 e. The number of rotatable bonds is 2. The highest BCUT2D eigenvalue weighted by molar-refractivity contribution is 7.09. The molecule has 3 heterocycles. The number of hydrogen-bond donors (Lipinski definition) is 2. The van der Waals surface area contributed by atoms with Gasteiger partial charge in [0.05, 0.1) is 46.5 Å². The van der Waals surface area contributed by atoms with Crippen molar-refractivity contribution < 1.29 is 29.3 Å². The lowest BCUT2D eigenvalue weighted by molar-refractivity contribution is -0.154. The number of aliphatic hydroxyl groups is 2. The molecule has 7 nitrogen and oxygen atoms in total. The molecule has 0 saturated carbocycles. The van der Waals surface area contributed by atoms with Gasteiger partial charge in [-0.2, -0.15) is 0 Å². The number of thiazole rings is 1. The third kappa shape index (κ3) is 6.47. The second-order valence-electron chi connectivity index (χ2n) is 10.9. The number of cyclic esters (lactones) is 1. The van der Waals surface area contributed by atoms with Crippen molar-refractivity contribution in [1.82, 2.24) is 4.98 Å². The van der Waals surface area contributed by atoms with Gasteiger partial charge < -0.3 is 19.7 Å². The van der Waals surface area contributed by atoms with Gasteiger partial charge in [-0.25, -0.2) is 4.98 Å². The van der Waals surface area contributed by atoms with E-state index in [9.17, 15) is 19.8 Å². The van der Waals surface area contributed by atoms with Crippen LogP contribution >= 0.6 is 11.3 Å². The number of esters is 1. The lowest BCUT2D eigenvalue weighted by atomic mass is 9.73. The second-order valence-corrected chi connectivity index (χ2v) is 12.0. The fraction of sp³-hybridized carbons (Fsp3) is 0.667. The SMILES string of the molecule is C/C(=C\c1csc(C)n1)C1C[C@H]2O[C@@]2(C)C/C=C/C(C)C(O)C(C)C(=O)C(C)(C)C(O)CC(=O)O1. The summed E-state index contributed by atoms with van der Waals surface area (Å²) in [5.74, 6) is -1.83. The van der Waals surface area contributed by atoms with Crippen LogP contribution in [0.15, 0.2) is 23.1 Å². The van der Waals surface area contributed by atoms with Crippen molar-refractivity contribution in [1.29, 1.82) is 0 Å². The van der Waals surface area contributed by atoms with E-state index >= 15 is 0 Å². The summed E-state index contributed by atoms with van der Waals surface area (Å²) in [6, 6.07) is 0. The van der Waals surface area contributed by atoms with E-state index in [1.807, 2.05) is 51.3 Å². The van der Waals surface area contributed by atoms with Crippen molar-refractivity contribution in [3.05, 3.63) is 33.8 Å². The first kappa shape index (κ1) is 27.7. The van der Waals surface area contributed by atoms with Gasteiger partial charge in [-0.3, -0.25) is 9.59 Å². The first-order valence-corrected chi connectivity index (χ1v) is 13.2. The number of nitrogens with zero attached hydrogens (tertiary/aromatic N) is 1. The summed E-state index contributed by atoms with van der Waals surface area (Å²) in [5, 5.41) is 24.5. The van der Waals surface area contributed by atoms with Crippen molar-refractivity contribution in [2.75, 3.05) is 0 Å². The highest BCUT2D eigenvalue weighted by Crippen LogP contribution is 2.44. The molecule has 0 aromatic carbocycles. The van der Waals surface area contributed by atoms with E-state index in [1.54, 1.807) is 32.1 Å². The normalized spacial score (nSPS) is 37.9. The highest BCUT2D eigenvalue weighted by atomic mass is 32.1. The summed E-state index contributed by atoms with van der Waals surface area (Å²) in [6.07, 6.45) is 3.84. The average molecular weight is 506 g/mol. The molecule has 35 heavy (non-hydrogen) atoms. The fourth-order valence-corrected chi connectivity index (χ4v) is 5.24. The molecule has 0 radical (unpaired) electrons. The van der Waals surface area contributed by atoms with Crippen molar-refractivity contribution in [3.63, 3.8) is 0 Å². The van der Waals surface area contributed by atoms with E-state index in [0.717, 1.165) is 16.3 Å². The molecule has 0 spiro atoms. The Morgan fingerprint density at radius 1 is 1.23 bits per heavy atom. The Balaban J connectivity index is 1.89. The molecule has 3 rings (SSSR count). The van der Waals surface area contributed by atoms with E-state index < -0.39 is 35.6 Å². The lowest BCUT2D eigenvalue weighted by Crippen LogP contribution is -2.45. The lowest BCUT2D eigenvalue weighted by Gasteiger charge is -2.34. The van der Waals surface area contributed by atoms with Gasteiger partial charge in [0.25, 0.3) is 0 Å². The van der Waals surface area contributed by atoms with Gasteiger partial charge >= 0.3 is 5.97 Å². The zero-order valence-electron chi connectivity index (χ0n) is 21.8. The van der Waals surface area contributed by atoms with Gasteiger partial charge in [0, 0.05) is 23.6 Å². The Hall–Kier alpha value is -1.87. The van der Waals surface area contributed by atoms with Crippen molar-refractivity contribution >= 4 is 29.2 Å². The van der Waals surface area contributed by atoms with Gasteiger partial charge in [-0.1, -0.05) is 39.8 Å². The predicted molar refractivity (Wildman–Crippen MR) is 136 cm³/mol. The largest absolute Gasteiger partial charge is 0.458 e. The standard InChI is InChI=1S/C27H39NO6S/c1-15-9-8-10-27(7)22(34-27)12-20(16(2)11-19-14-35-18(4)28-19)33-23(30)13-21(29)26(5,6)25(32)17(3)24(15)31/h8-9,11,14-15,17,20-22,24,29,31H,10,12-13H2,1-7H3/b9-8+,16-11+/t15?,17?,20?,21?,22-,24?,27+/m1/s1. The van der Waals surface area contributed by atoms with Gasteiger partial charge in [0.1, 0.15) is 11.9 Å². The van der Waals surface area contributed by atoms with Crippen molar-refractivity contribution in [2.24, 2.45) is 17.3 Å². The van der Waals surface area contributed by atoms with Crippen LogP contribution in [0, 0.1) is 24.2 Å². The molecule has 7 atom stereocenters. The summed E-state index contributed by atoms with van der Waals surface area (Å²) >= 11 is 1.55. The van der Waals surface area contributed by atoms with E-state index in [0.29, 0.717) is 12.8 Å². The summed E-state index contributed by atoms with van der Waals surface area (Å²) in [6.45, 7) is 12.6. The minimum absolute atomic E-state index is 0.0968. The Bertz CT molecular complexity index is 998.